The normalized spacial score (nSPS) is 18.0. The average molecular weight is 581 g/mol. The highest BCUT2D eigenvalue weighted by Gasteiger charge is 2.16. The van der Waals surface area contributed by atoms with E-state index in [1.165, 1.54) is 41.0 Å². The number of hydrogen-bond acceptors (Lipinski definition) is 0. The molecule has 0 radical (unpaired) electrons. The summed E-state index contributed by atoms with van der Waals surface area (Å²) in [7, 11) is 0. The SMILES string of the molecule is [2H]c1ccc(-c2ccc(-n3c4c([2H])c([2H])c([2H])c([2H])c4c4c([2H])c([2H])c(-c5c([2H])c([2H])c6c(c5[2H])c5c([2H])c([2H])c([2H])c([2H])c5n6-c5c([2H])cc([2H])cc5[2H])c([2H])c43)cc2[2H])c([2H])c1. The maximum Gasteiger partial charge on any atom is 0.0652 e. The molecule has 0 aliphatic heterocycles. The summed E-state index contributed by atoms with van der Waals surface area (Å²) in [6.07, 6.45) is 0. The third kappa shape index (κ3) is 3.82. The molecule has 0 spiro atoms. The van der Waals surface area contributed by atoms with Crippen molar-refractivity contribution in [3.63, 3.8) is 0 Å². The second kappa shape index (κ2) is 9.86. The fourth-order valence-corrected chi connectivity index (χ4v) is 5.43. The highest BCUT2D eigenvalue weighted by molar-refractivity contribution is 6.12. The van der Waals surface area contributed by atoms with Crippen LogP contribution in [0.25, 0.3) is 77.2 Å². The second-order valence-corrected chi connectivity index (χ2v) is 9.82. The lowest BCUT2D eigenvalue weighted by molar-refractivity contribution is 1.18. The molecular formula is C42H28N2. The molecule has 0 unspecified atom stereocenters. The van der Waals surface area contributed by atoms with Crippen molar-refractivity contribution in [2.75, 3.05) is 0 Å². The van der Waals surface area contributed by atoms with E-state index in [-0.39, 0.29) is 84.7 Å². The molecule has 2 nitrogen and oxygen atoms in total. The molecule has 44 heavy (non-hydrogen) atoms. The van der Waals surface area contributed by atoms with Gasteiger partial charge in [0.1, 0.15) is 0 Å². The summed E-state index contributed by atoms with van der Waals surface area (Å²) in [5.41, 5.74) is -2.05. The molecule has 0 saturated carbocycles. The van der Waals surface area contributed by atoms with Crippen molar-refractivity contribution in [1.82, 2.24) is 9.13 Å². The fourth-order valence-electron chi connectivity index (χ4n) is 5.43. The monoisotopic (exact) mass is 580 g/mol. The number of nitrogens with zero attached hydrogens (tertiary/aromatic N) is 2. The van der Waals surface area contributed by atoms with Gasteiger partial charge in [0.2, 0.25) is 0 Å². The van der Waals surface area contributed by atoms with Crippen molar-refractivity contribution < 1.29 is 27.4 Å². The highest BCUT2D eigenvalue weighted by Crippen LogP contribution is 2.38. The summed E-state index contributed by atoms with van der Waals surface area (Å²) in [6, 6.07) is -0.223. The van der Waals surface area contributed by atoms with E-state index >= 15 is 0 Å². The minimum absolute atomic E-state index is 0.0347. The van der Waals surface area contributed by atoms with Gasteiger partial charge in [-0.2, -0.15) is 0 Å². The third-order valence-corrected chi connectivity index (χ3v) is 7.38. The number of hydrogen-bond donors (Lipinski definition) is 0. The molecule has 0 bridgehead atoms. The first-order valence-corrected chi connectivity index (χ1v) is 13.5. The summed E-state index contributed by atoms with van der Waals surface area (Å²) in [4.78, 5) is 0. The molecule has 0 atom stereocenters. The number of fused-ring (bicyclic) bond motifs is 6. The second-order valence-electron chi connectivity index (χ2n) is 9.82. The van der Waals surface area contributed by atoms with E-state index in [1.807, 2.05) is 0 Å². The van der Waals surface area contributed by atoms with Gasteiger partial charge in [-0.3, -0.25) is 0 Å². The van der Waals surface area contributed by atoms with Crippen LogP contribution in [0, 0.1) is 0 Å². The summed E-state index contributed by atoms with van der Waals surface area (Å²) < 4.78 is 180. The van der Waals surface area contributed by atoms with E-state index in [2.05, 4.69) is 0 Å². The Kier molecular flexibility index (Phi) is 2.70. The van der Waals surface area contributed by atoms with E-state index in [0.29, 0.717) is 5.56 Å². The van der Waals surface area contributed by atoms with Gasteiger partial charge in [0.05, 0.1) is 49.5 Å². The molecule has 0 N–H and O–H groups in total. The Bertz CT molecular complexity index is 3600. The molecule has 0 aliphatic rings. The van der Waals surface area contributed by atoms with Crippen LogP contribution in [0.2, 0.25) is 0 Å². The van der Waals surface area contributed by atoms with Gasteiger partial charge in [-0.1, -0.05) is 115 Å². The van der Waals surface area contributed by atoms with Crippen LogP contribution in [-0.4, -0.2) is 9.13 Å². The Morgan fingerprint density at radius 1 is 0.341 bits per heavy atom. The smallest absolute Gasteiger partial charge is 0.0652 e. The maximum absolute atomic E-state index is 9.80. The van der Waals surface area contributed by atoms with Crippen molar-refractivity contribution in [3.8, 4) is 33.6 Å². The molecule has 206 valence electrons. The van der Waals surface area contributed by atoms with Crippen molar-refractivity contribution in [3.05, 3.63) is 169 Å². The minimum Gasteiger partial charge on any atom is -0.309 e. The van der Waals surface area contributed by atoms with Crippen LogP contribution in [0.3, 0.4) is 0 Å². The molecule has 2 aromatic heterocycles. The lowest BCUT2D eigenvalue weighted by Crippen LogP contribution is -1.94. The molecule has 7 aromatic carbocycles. The van der Waals surface area contributed by atoms with E-state index < -0.39 is 108 Å². The summed E-state index contributed by atoms with van der Waals surface area (Å²) in [5.74, 6) is 0. The van der Waals surface area contributed by atoms with Crippen molar-refractivity contribution >= 4 is 43.6 Å². The van der Waals surface area contributed by atoms with Crippen LogP contribution < -0.4 is 0 Å². The van der Waals surface area contributed by atoms with Crippen molar-refractivity contribution in [2.24, 2.45) is 0 Å². The lowest BCUT2D eigenvalue weighted by Gasteiger charge is -2.11. The third-order valence-electron chi connectivity index (χ3n) is 7.38. The molecule has 0 aliphatic carbocycles. The first-order valence-electron chi connectivity index (χ1n) is 23.5. The molecule has 0 amide bonds. The Morgan fingerprint density at radius 3 is 1.75 bits per heavy atom. The number of aromatic nitrogens is 2. The zero-order valence-electron chi connectivity index (χ0n) is 42.5. The highest BCUT2D eigenvalue weighted by atomic mass is 15.0. The van der Waals surface area contributed by atoms with E-state index in [9.17, 15) is 8.22 Å². The topological polar surface area (TPSA) is 9.86 Å². The predicted octanol–water partition coefficient (Wildman–Crippen LogP) is 11.2. The first kappa shape index (κ1) is 12.0. The molecule has 9 aromatic rings. The Morgan fingerprint density at radius 2 is 0.955 bits per heavy atom. The van der Waals surface area contributed by atoms with Gasteiger partial charge >= 0.3 is 0 Å². The Labute approximate surface area is 283 Å². The Hall–Kier alpha value is -5.86. The molecule has 9 rings (SSSR count). The van der Waals surface area contributed by atoms with Crippen LogP contribution >= 0.6 is 0 Å². The number of para-hydroxylation sites is 3. The molecule has 2 heterocycles. The molecule has 0 fully saturated rings. The molecular weight excluding hydrogens is 532 g/mol. The summed E-state index contributed by atoms with van der Waals surface area (Å²) >= 11 is 0. The summed E-state index contributed by atoms with van der Waals surface area (Å²) in [6.45, 7) is 0. The maximum atomic E-state index is 9.80. The van der Waals surface area contributed by atoms with Gasteiger partial charge in [-0.15, -0.1) is 0 Å². The average Bonchev–Trinajstić information content (AvgIpc) is 3.78. The van der Waals surface area contributed by atoms with Gasteiger partial charge in [0, 0.05) is 32.9 Å². The number of benzene rings is 7. The van der Waals surface area contributed by atoms with Gasteiger partial charge < -0.3 is 9.13 Å². The fraction of sp³-hybridized carbons (Fsp3) is 0. The van der Waals surface area contributed by atoms with Gasteiger partial charge in [0.25, 0.3) is 0 Å². The van der Waals surface area contributed by atoms with E-state index in [0.717, 1.165) is 16.7 Å². The van der Waals surface area contributed by atoms with Crippen molar-refractivity contribution in [1.29, 1.82) is 0 Å². The quantitative estimate of drug-likeness (QED) is 0.196. The lowest BCUT2D eigenvalue weighted by atomic mass is 10.0. The van der Waals surface area contributed by atoms with Crippen LogP contribution in [0.1, 0.15) is 27.4 Å². The van der Waals surface area contributed by atoms with E-state index in [1.54, 1.807) is 0 Å². The zero-order chi connectivity index (χ0) is 46.4. The summed E-state index contributed by atoms with van der Waals surface area (Å²) in [5, 5.41) is -1.21. The van der Waals surface area contributed by atoms with E-state index in [4.69, 9.17) is 19.2 Å². The van der Waals surface area contributed by atoms with Crippen LogP contribution in [0.4, 0.5) is 0 Å². The van der Waals surface area contributed by atoms with Crippen LogP contribution in [0.5, 0.6) is 0 Å². The largest absolute Gasteiger partial charge is 0.309 e. The predicted molar refractivity (Wildman–Crippen MR) is 186 cm³/mol. The van der Waals surface area contributed by atoms with Crippen LogP contribution in [-0.2, 0) is 0 Å². The minimum atomic E-state index is -0.803. The van der Waals surface area contributed by atoms with Crippen molar-refractivity contribution in [2.45, 2.75) is 0 Å². The van der Waals surface area contributed by atoms with Gasteiger partial charge in [-0.05, 0) is 76.7 Å². The number of rotatable bonds is 4. The van der Waals surface area contributed by atoms with Gasteiger partial charge in [0.15, 0.2) is 0 Å². The van der Waals surface area contributed by atoms with Gasteiger partial charge in [-0.25, -0.2) is 0 Å². The molecule has 2 heteroatoms. The molecule has 0 saturated heterocycles. The standard InChI is InChI=1S/C42H28N2/c1-3-11-29(12-4-1)30-19-23-34(24-20-30)44-39-17-9-7-15-35(39)37-25-21-32(28-42(37)44)31-22-26-41-38(27-31)36-16-8-10-18-40(36)43(41)33-13-5-2-6-14-33/h1-28H/i1D,2D,7D,8D,9D,10D,11D,13D,14D,15D,16D,17D,18D,19D,21D,22D,25D,26D,27D,28D. The first-order chi connectivity index (χ1) is 30.1. The van der Waals surface area contributed by atoms with Crippen LogP contribution in [0.15, 0.2) is 169 Å². The Balaban J connectivity index is 1.46. The zero-order valence-corrected chi connectivity index (χ0v) is 22.5.